The highest BCUT2D eigenvalue weighted by Gasteiger charge is 2.31. The third kappa shape index (κ3) is 3.32. The molecule has 0 unspecified atom stereocenters. The Bertz CT molecular complexity index is 1100. The van der Waals surface area contributed by atoms with E-state index in [4.69, 9.17) is 17.0 Å². The van der Waals surface area contributed by atoms with Crippen LogP contribution in [0.15, 0.2) is 59.7 Å². The lowest BCUT2D eigenvalue weighted by molar-refractivity contribution is 0.101. The summed E-state index contributed by atoms with van der Waals surface area (Å²) in [6, 6.07) is 14.4. The number of rotatable bonds is 4. The molecule has 5 nitrogen and oxygen atoms in total. The zero-order valence-electron chi connectivity index (χ0n) is 14.9. The van der Waals surface area contributed by atoms with Gasteiger partial charge in [0, 0.05) is 27.2 Å². The summed E-state index contributed by atoms with van der Waals surface area (Å²) in [6.45, 7) is 1.71. The number of benzene rings is 2. The molecule has 3 aromatic rings. The molecule has 0 atom stereocenters. The fraction of sp³-hybridized carbons (Fsp3) is 0.0952. The zero-order valence-corrected chi connectivity index (χ0v) is 16.5. The Morgan fingerprint density at radius 2 is 1.86 bits per heavy atom. The second-order valence-corrected chi connectivity index (χ2v) is 7.70. The Hall–Kier alpha value is -2.96. The summed E-state index contributed by atoms with van der Waals surface area (Å²) in [6.07, 6.45) is 0. The highest BCUT2D eigenvalue weighted by Crippen LogP contribution is 2.34. The van der Waals surface area contributed by atoms with Gasteiger partial charge in [-0.3, -0.25) is 10.2 Å². The first-order valence-electron chi connectivity index (χ1n) is 8.55. The van der Waals surface area contributed by atoms with Gasteiger partial charge in [-0.05, 0) is 43.3 Å². The number of carbonyl (C=O) groups is 1. The molecule has 1 aromatic heterocycles. The lowest BCUT2D eigenvalue weighted by Gasteiger charge is -2.18. The first kappa shape index (κ1) is 18.4. The quantitative estimate of drug-likeness (QED) is 0.563. The predicted molar refractivity (Wildman–Crippen MR) is 114 cm³/mol. The summed E-state index contributed by atoms with van der Waals surface area (Å²) in [5, 5.41) is 22.2. The first-order valence-corrected chi connectivity index (χ1v) is 9.81. The molecule has 0 radical (unpaired) electrons. The first-order chi connectivity index (χ1) is 13.4. The number of aliphatic hydroxyl groups is 1. The number of carbonyl (C=O) groups excluding carboxylic acids is 1. The number of ketones is 1. The van der Waals surface area contributed by atoms with Gasteiger partial charge in [0.05, 0.1) is 17.8 Å². The van der Waals surface area contributed by atoms with Gasteiger partial charge >= 0.3 is 0 Å². The molecule has 2 N–H and O–H groups in total. The Kier molecular flexibility index (Phi) is 4.75. The van der Waals surface area contributed by atoms with Gasteiger partial charge in [-0.15, -0.1) is 11.3 Å². The van der Waals surface area contributed by atoms with Crippen molar-refractivity contribution in [2.45, 2.75) is 6.92 Å². The van der Waals surface area contributed by atoms with Crippen molar-refractivity contribution < 1.29 is 9.90 Å². The monoisotopic (exact) mass is 409 g/mol. The maximum absolute atomic E-state index is 11.5. The number of amidine groups is 1. The molecular weight excluding hydrogens is 394 g/mol. The van der Waals surface area contributed by atoms with Crippen LogP contribution in [0.25, 0.3) is 16.8 Å². The van der Waals surface area contributed by atoms with Crippen LogP contribution in [0.1, 0.15) is 22.3 Å². The Morgan fingerprint density at radius 1 is 1.18 bits per heavy atom. The van der Waals surface area contributed by atoms with E-state index in [9.17, 15) is 9.90 Å². The van der Waals surface area contributed by atoms with Crippen molar-refractivity contribution in [3.8, 4) is 11.3 Å². The minimum Gasteiger partial charge on any atom is -0.510 e. The molecule has 4 rings (SSSR count). The molecule has 1 aliphatic rings. The van der Waals surface area contributed by atoms with Crippen LogP contribution >= 0.6 is 22.9 Å². The standard InChI is InChI=1S/C21H16ClN3O2S/c1-12(26)13-4-8-16(9-5-13)25-10-18(27)19(20(25)23)21-24-17(11-28-21)14-2-6-15(22)7-3-14/h2-9,11,23,27H,10H2,1H3. The maximum Gasteiger partial charge on any atom is 0.159 e. The van der Waals surface area contributed by atoms with Gasteiger partial charge in [0.15, 0.2) is 5.78 Å². The SMILES string of the molecule is CC(=O)c1ccc(N2CC(O)=C(c3nc(-c4ccc(Cl)cc4)cs3)C2=N)cc1. The predicted octanol–water partition coefficient (Wildman–Crippen LogP) is 5.43. The minimum atomic E-state index is -0.0118. The molecule has 0 aliphatic carbocycles. The zero-order chi connectivity index (χ0) is 19.8. The maximum atomic E-state index is 11.5. The van der Waals surface area contributed by atoms with Gasteiger partial charge in [0.25, 0.3) is 0 Å². The molecule has 0 saturated heterocycles. The van der Waals surface area contributed by atoms with Crippen LogP contribution in [0, 0.1) is 5.41 Å². The van der Waals surface area contributed by atoms with Crippen LogP contribution < -0.4 is 4.90 Å². The van der Waals surface area contributed by atoms with E-state index in [1.165, 1.54) is 18.3 Å². The lowest BCUT2D eigenvalue weighted by atomic mass is 10.1. The van der Waals surface area contributed by atoms with Gasteiger partial charge < -0.3 is 10.0 Å². The van der Waals surface area contributed by atoms with Gasteiger partial charge in [-0.1, -0.05) is 23.7 Å². The molecule has 2 heterocycles. The average Bonchev–Trinajstić information content (AvgIpc) is 3.27. The summed E-state index contributed by atoms with van der Waals surface area (Å²) in [4.78, 5) is 17.7. The van der Waals surface area contributed by atoms with Crippen molar-refractivity contribution in [1.29, 1.82) is 5.41 Å². The van der Waals surface area contributed by atoms with Crippen LogP contribution in [-0.2, 0) is 0 Å². The number of hydrogen-bond acceptors (Lipinski definition) is 5. The third-order valence-corrected chi connectivity index (χ3v) is 5.66. The normalized spacial score (nSPS) is 14.1. The van der Waals surface area contributed by atoms with Crippen LogP contribution in [-0.4, -0.2) is 28.3 Å². The van der Waals surface area contributed by atoms with Crippen LogP contribution in [0.4, 0.5) is 5.69 Å². The third-order valence-electron chi connectivity index (χ3n) is 4.55. The van der Waals surface area contributed by atoms with E-state index in [1.807, 2.05) is 17.5 Å². The molecule has 0 fully saturated rings. The van der Waals surface area contributed by atoms with E-state index in [0.717, 1.165) is 16.9 Å². The van der Waals surface area contributed by atoms with Gasteiger partial charge in [0.2, 0.25) is 0 Å². The van der Waals surface area contributed by atoms with E-state index in [1.54, 1.807) is 41.3 Å². The minimum absolute atomic E-state index is 0.0118. The number of hydrogen-bond donors (Lipinski definition) is 2. The van der Waals surface area contributed by atoms with Gasteiger partial charge in [0.1, 0.15) is 16.6 Å². The second-order valence-electron chi connectivity index (χ2n) is 6.40. The van der Waals surface area contributed by atoms with Crippen molar-refractivity contribution in [2.24, 2.45) is 0 Å². The van der Waals surface area contributed by atoms with E-state index in [-0.39, 0.29) is 23.9 Å². The van der Waals surface area contributed by atoms with E-state index in [0.29, 0.717) is 21.2 Å². The number of Topliss-reactive ketones (excluding diaryl/α,β-unsaturated/α-hetero) is 1. The van der Waals surface area contributed by atoms with E-state index >= 15 is 0 Å². The molecule has 1 aliphatic heterocycles. The number of halogens is 1. The lowest BCUT2D eigenvalue weighted by Crippen LogP contribution is -2.26. The molecule has 28 heavy (non-hydrogen) atoms. The Labute approximate surface area is 171 Å². The summed E-state index contributed by atoms with van der Waals surface area (Å²) < 4.78 is 0. The van der Waals surface area contributed by atoms with Crippen LogP contribution in [0.5, 0.6) is 0 Å². The number of thiazole rings is 1. The smallest absolute Gasteiger partial charge is 0.159 e. The van der Waals surface area contributed by atoms with Crippen molar-refractivity contribution >= 4 is 45.8 Å². The average molecular weight is 410 g/mol. The molecular formula is C21H16ClN3O2S. The summed E-state index contributed by atoms with van der Waals surface area (Å²) in [7, 11) is 0. The molecule has 0 bridgehead atoms. The van der Waals surface area contributed by atoms with Crippen LogP contribution in [0.2, 0.25) is 5.02 Å². The fourth-order valence-electron chi connectivity index (χ4n) is 3.04. The van der Waals surface area contributed by atoms with Crippen molar-refractivity contribution in [1.82, 2.24) is 4.98 Å². The number of anilines is 1. The number of nitrogens with zero attached hydrogens (tertiary/aromatic N) is 2. The Morgan fingerprint density at radius 3 is 2.50 bits per heavy atom. The van der Waals surface area contributed by atoms with Crippen molar-refractivity contribution in [2.75, 3.05) is 11.4 Å². The van der Waals surface area contributed by atoms with Crippen molar-refractivity contribution in [3.05, 3.63) is 75.3 Å². The van der Waals surface area contributed by atoms with Crippen LogP contribution in [0.3, 0.4) is 0 Å². The highest BCUT2D eigenvalue weighted by molar-refractivity contribution is 7.11. The number of aliphatic hydroxyl groups excluding tert-OH is 1. The number of aromatic nitrogens is 1. The molecule has 140 valence electrons. The van der Waals surface area contributed by atoms with E-state index < -0.39 is 0 Å². The van der Waals surface area contributed by atoms with Gasteiger partial charge in [-0.25, -0.2) is 4.98 Å². The Balaban J connectivity index is 1.60. The summed E-state index contributed by atoms with van der Waals surface area (Å²) in [5.74, 6) is 0.282. The number of nitrogens with one attached hydrogen (secondary N) is 1. The summed E-state index contributed by atoms with van der Waals surface area (Å²) >= 11 is 7.32. The van der Waals surface area contributed by atoms with Crippen molar-refractivity contribution in [3.63, 3.8) is 0 Å². The summed E-state index contributed by atoms with van der Waals surface area (Å²) in [5.41, 5.74) is 3.48. The molecule has 0 amide bonds. The fourth-order valence-corrected chi connectivity index (χ4v) is 4.06. The highest BCUT2D eigenvalue weighted by atomic mass is 35.5. The molecule has 0 saturated carbocycles. The molecule has 7 heteroatoms. The van der Waals surface area contributed by atoms with E-state index in [2.05, 4.69) is 4.98 Å². The second kappa shape index (κ2) is 7.22. The van der Waals surface area contributed by atoms with Gasteiger partial charge in [-0.2, -0.15) is 0 Å². The topological polar surface area (TPSA) is 77.3 Å². The molecule has 0 spiro atoms. The molecule has 2 aromatic carbocycles. The largest absolute Gasteiger partial charge is 0.510 e.